The second-order valence-electron chi connectivity index (χ2n) is 8.60. The molecular formula is C23H22F3N5O3. The second kappa shape index (κ2) is 8.23. The van der Waals surface area contributed by atoms with E-state index in [1.165, 1.54) is 17.0 Å². The summed E-state index contributed by atoms with van der Waals surface area (Å²) in [4.78, 5) is 41.1. The molecule has 0 aromatic heterocycles. The summed E-state index contributed by atoms with van der Waals surface area (Å²) in [6, 6.07) is 4.69. The molecule has 1 aromatic carbocycles. The van der Waals surface area contributed by atoms with Crippen LogP contribution in [0.2, 0.25) is 0 Å². The summed E-state index contributed by atoms with van der Waals surface area (Å²) in [6.07, 6.45) is 1.69. The van der Waals surface area contributed by atoms with Gasteiger partial charge in [0.2, 0.25) is 5.91 Å². The van der Waals surface area contributed by atoms with Gasteiger partial charge in [-0.3, -0.25) is 30.1 Å². The zero-order valence-electron chi connectivity index (χ0n) is 18.0. The Morgan fingerprint density at radius 3 is 2.41 bits per heavy atom. The van der Waals surface area contributed by atoms with E-state index < -0.39 is 11.7 Å². The third-order valence-electron chi connectivity index (χ3n) is 6.15. The van der Waals surface area contributed by atoms with Gasteiger partial charge < -0.3 is 10.2 Å². The number of nitrogens with one attached hydrogen (secondary N) is 3. The topological polar surface area (TPSA) is 93.8 Å². The molecule has 0 radical (unpaired) electrons. The smallest absolute Gasteiger partial charge is 0.357 e. The van der Waals surface area contributed by atoms with Crippen LogP contribution in [0, 0.1) is 0 Å². The van der Waals surface area contributed by atoms with E-state index in [4.69, 9.17) is 0 Å². The normalized spacial score (nSPS) is 20.4. The molecular weight excluding hydrogens is 451 g/mol. The number of rotatable bonds is 5. The Kier molecular flexibility index (Phi) is 5.34. The van der Waals surface area contributed by atoms with E-state index in [2.05, 4.69) is 16.2 Å². The van der Waals surface area contributed by atoms with Crippen molar-refractivity contribution in [2.75, 3.05) is 13.1 Å². The number of benzene rings is 1. The Hall–Kier alpha value is -3.76. The lowest BCUT2D eigenvalue weighted by Crippen LogP contribution is -2.45. The van der Waals surface area contributed by atoms with Gasteiger partial charge in [0.25, 0.3) is 11.8 Å². The summed E-state index contributed by atoms with van der Waals surface area (Å²) < 4.78 is 38.2. The highest BCUT2D eigenvalue weighted by Crippen LogP contribution is 2.38. The second-order valence-corrected chi connectivity index (χ2v) is 8.60. The van der Waals surface area contributed by atoms with Gasteiger partial charge in [-0.2, -0.15) is 13.2 Å². The number of amides is 3. The van der Waals surface area contributed by atoms with Gasteiger partial charge in [0.15, 0.2) is 0 Å². The minimum Gasteiger partial charge on any atom is -0.357 e. The third-order valence-corrected chi connectivity index (χ3v) is 6.15. The Labute approximate surface area is 193 Å². The van der Waals surface area contributed by atoms with E-state index in [0.29, 0.717) is 47.7 Å². The number of allylic oxidation sites excluding steroid dienone is 2. The number of hydrogen-bond donors (Lipinski definition) is 3. The average Bonchev–Trinajstić information content (AvgIpc) is 3.60. The number of hydrogen-bond acceptors (Lipinski definition) is 6. The van der Waals surface area contributed by atoms with Crippen LogP contribution in [0.4, 0.5) is 13.2 Å². The summed E-state index contributed by atoms with van der Waals surface area (Å²) >= 11 is 0. The van der Waals surface area contributed by atoms with Gasteiger partial charge in [0.1, 0.15) is 11.5 Å². The van der Waals surface area contributed by atoms with Crippen molar-refractivity contribution in [3.05, 3.63) is 64.6 Å². The van der Waals surface area contributed by atoms with Crippen LogP contribution in [0.1, 0.15) is 36.8 Å². The summed E-state index contributed by atoms with van der Waals surface area (Å²) in [5, 5.41) is 2.70. The molecule has 3 amide bonds. The highest BCUT2D eigenvalue weighted by molar-refractivity contribution is 6.19. The quantitative estimate of drug-likeness (QED) is 0.567. The zero-order valence-corrected chi connectivity index (χ0v) is 18.0. The number of carbonyl (C=O) groups excluding carboxylic acids is 3. The van der Waals surface area contributed by atoms with Crippen molar-refractivity contribution in [1.82, 2.24) is 26.0 Å². The fraction of sp³-hybridized carbons (Fsp3) is 0.348. The van der Waals surface area contributed by atoms with Crippen LogP contribution in [0.25, 0.3) is 5.70 Å². The minimum atomic E-state index is -4.40. The van der Waals surface area contributed by atoms with E-state index in [-0.39, 0.29) is 30.3 Å². The van der Waals surface area contributed by atoms with Gasteiger partial charge in [-0.25, -0.2) is 0 Å². The van der Waals surface area contributed by atoms with Crippen molar-refractivity contribution in [3.63, 3.8) is 0 Å². The van der Waals surface area contributed by atoms with Gasteiger partial charge in [-0.05, 0) is 55.5 Å². The molecule has 1 fully saturated rings. The molecule has 0 bridgehead atoms. The number of hydrazine groups is 1. The van der Waals surface area contributed by atoms with Gasteiger partial charge in [0, 0.05) is 18.2 Å². The van der Waals surface area contributed by atoms with Crippen molar-refractivity contribution in [1.29, 1.82) is 0 Å². The average molecular weight is 473 g/mol. The molecule has 0 spiro atoms. The number of carbonyl (C=O) groups is 3. The molecule has 3 heterocycles. The van der Waals surface area contributed by atoms with Crippen molar-refractivity contribution in [2.45, 2.75) is 37.9 Å². The van der Waals surface area contributed by atoms with Crippen LogP contribution in [0.15, 0.2) is 53.5 Å². The predicted octanol–water partition coefficient (Wildman–Crippen LogP) is 1.99. The predicted molar refractivity (Wildman–Crippen MR) is 115 cm³/mol. The molecule has 178 valence electrons. The van der Waals surface area contributed by atoms with Gasteiger partial charge in [-0.15, -0.1) is 0 Å². The largest absolute Gasteiger partial charge is 0.416 e. The summed E-state index contributed by atoms with van der Waals surface area (Å²) in [6.45, 7) is 0.428. The Morgan fingerprint density at radius 1 is 1.06 bits per heavy atom. The molecule has 3 N–H and O–H groups in total. The van der Waals surface area contributed by atoms with E-state index >= 15 is 0 Å². The minimum absolute atomic E-state index is 0.0189. The molecule has 11 heteroatoms. The van der Waals surface area contributed by atoms with Gasteiger partial charge in [-0.1, -0.05) is 12.1 Å². The Balaban J connectivity index is 1.22. The van der Waals surface area contributed by atoms with Crippen LogP contribution < -0.4 is 16.2 Å². The van der Waals surface area contributed by atoms with Crippen molar-refractivity contribution >= 4 is 23.4 Å². The third kappa shape index (κ3) is 4.13. The molecule has 4 aliphatic rings. The first-order valence-corrected chi connectivity index (χ1v) is 11.0. The molecule has 5 rings (SSSR count). The number of alkyl halides is 3. The summed E-state index contributed by atoms with van der Waals surface area (Å²) in [7, 11) is 0. The van der Waals surface area contributed by atoms with E-state index in [9.17, 15) is 27.6 Å². The fourth-order valence-corrected chi connectivity index (χ4v) is 4.34. The first-order valence-electron chi connectivity index (χ1n) is 11.0. The monoisotopic (exact) mass is 473 g/mol. The highest BCUT2D eigenvalue weighted by Gasteiger charge is 2.48. The molecule has 0 saturated heterocycles. The van der Waals surface area contributed by atoms with Gasteiger partial charge >= 0.3 is 6.18 Å². The zero-order chi connectivity index (χ0) is 24.0. The number of halogens is 3. The van der Waals surface area contributed by atoms with Crippen LogP contribution in [-0.2, 0) is 20.6 Å². The molecule has 8 nitrogen and oxygen atoms in total. The van der Waals surface area contributed by atoms with Crippen LogP contribution in [0.3, 0.4) is 0 Å². The molecule has 1 saturated carbocycles. The maximum absolute atomic E-state index is 12.8. The van der Waals surface area contributed by atoms with E-state index in [1.807, 2.05) is 0 Å². The maximum Gasteiger partial charge on any atom is 0.416 e. The highest BCUT2D eigenvalue weighted by atomic mass is 19.4. The first-order chi connectivity index (χ1) is 16.2. The van der Waals surface area contributed by atoms with E-state index in [1.54, 1.807) is 17.1 Å². The van der Waals surface area contributed by atoms with Crippen molar-refractivity contribution in [2.24, 2.45) is 0 Å². The number of imide groups is 1. The Morgan fingerprint density at radius 2 is 1.79 bits per heavy atom. The summed E-state index contributed by atoms with van der Waals surface area (Å²) in [5.74, 6) is -0.559. The SMILES string of the molecule is O=C(CN1CCCC2=C1C(=O)N(C1CC1)C2=O)NC1=CC=C(c2ccc(C(F)(F)F)cc2)NN1. The molecule has 34 heavy (non-hydrogen) atoms. The van der Waals surface area contributed by atoms with Crippen LogP contribution >= 0.6 is 0 Å². The van der Waals surface area contributed by atoms with Crippen molar-refractivity contribution < 1.29 is 27.6 Å². The molecule has 1 aliphatic carbocycles. The first kappa shape index (κ1) is 22.1. The standard InChI is InChI=1S/C23H22F3N5O3/c24-23(25,26)14-5-3-13(4-6-14)17-9-10-18(29-28-17)27-19(32)12-30-11-1-2-16-20(30)22(34)31(21(16)33)15-7-8-15/h3-6,9-10,15,28-29H,1-2,7-8,11-12H2,(H,27,32). The van der Waals surface area contributed by atoms with E-state index in [0.717, 1.165) is 25.0 Å². The van der Waals surface area contributed by atoms with Crippen molar-refractivity contribution in [3.8, 4) is 0 Å². The lowest BCUT2D eigenvalue weighted by molar-refractivity contribution is -0.139. The molecule has 0 unspecified atom stereocenters. The van der Waals surface area contributed by atoms with Crippen LogP contribution in [0.5, 0.6) is 0 Å². The molecule has 0 atom stereocenters. The molecule has 3 aliphatic heterocycles. The van der Waals surface area contributed by atoms with Gasteiger partial charge in [0.05, 0.1) is 17.8 Å². The maximum atomic E-state index is 12.8. The fourth-order valence-electron chi connectivity index (χ4n) is 4.34. The Bertz CT molecular complexity index is 1150. The number of nitrogens with zero attached hydrogens (tertiary/aromatic N) is 2. The lowest BCUT2D eigenvalue weighted by Gasteiger charge is -2.29. The lowest BCUT2D eigenvalue weighted by atomic mass is 10.0. The molecule has 1 aromatic rings. The summed E-state index contributed by atoms with van der Waals surface area (Å²) in [5.41, 5.74) is 6.83. The van der Waals surface area contributed by atoms with Crippen LogP contribution in [-0.4, -0.2) is 46.7 Å².